The third-order valence-electron chi connectivity index (χ3n) is 2.99. The van der Waals surface area contributed by atoms with Crippen molar-refractivity contribution in [3.63, 3.8) is 0 Å². The van der Waals surface area contributed by atoms with E-state index in [1.165, 1.54) is 6.07 Å². The monoisotopic (exact) mass is 279 g/mol. The number of nitrogens with zero attached hydrogens (tertiary/aromatic N) is 1. The van der Waals surface area contributed by atoms with Gasteiger partial charge in [0.2, 0.25) is 0 Å². The minimum absolute atomic E-state index is 0.121. The van der Waals surface area contributed by atoms with Crippen LogP contribution in [0.2, 0.25) is 5.02 Å². The number of pyridine rings is 1. The first kappa shape index (κ1) is 13.9. The van der Waals surface area contributed by atoms with Gasteiger partial charge in [-0.3, -0.25) is 16.3 Å². The van der Waals surface area contributed by atoms with Crippen LogP contribution < -0.4 is 11.3 Å². The van der Waals surface area contributed by atoms with Crippen LogP contribution in [0.5, 0.6) is 0 Å². The number of aromatic nitrogens is 1. The van der Waals surface area contributed by atoms with Crippen molar-refractivity contribution < 1.29 is 4.39 Å². The Kier molecular flexibility index (Phi) is 4.47. The van der Waals surface area contributed by atoms with Gasteiger partial charge in [-0.2, -0.15) is 0 Å². The zero-order valence-electron chi connectivity index (χ0n) is 10.5. The van der Waals surface area contributed by atoms with Crippen molar-refractivity contribution in [3.05, 3.63) is 64.2 Å². The van der Waals surface area contributed by atoms with Gasteiger partial charge in [0, 0.05) is 11.9 Å². The van der Waals surface area contributed by atoms with Crippen LogP contribution >= 0.6 is 11.6 Å². The van der Waals surface area contributed by atoms with E-state index >= 15 is 0 Å². The van der Waals surface area contributed by atoms with Crippen LogP contribution in [-0.4, -0.2) is 4.98 Å². The summed E-state index contributed by atoms with van der Waals surface area (Å²) in [4.78, 5) is 4.21. The van der Waals surface area contributed by atoms with E-state index in [9.17, 15) is 4.39 Å². The summed E-state index contributed by atoms with van der Waals surface area (Å²) in [7, 11) is 0. The summed E-state index contributed by atoms with van der Waals surface area (Å²) >= 11 is 5.77. The molecule has 0 bridgehead atoms. The van der Waals surface area contributed by atoms with Crippen molar-refractivity contribution in [2.75, 3.05) is 0 Å². The van der Waals surface area contributed by atoms with E-state index in [2.05, 4.69) is 10.4 Å². The van der Waals surface area contributed by atoms with Gasteiger partial charge in [-0.05, 0) is 36.6 Å². The molecule has 0 aliphatic heterocycles. The van der Waals surface area contributed by atoms with Crippen molar-refractivity contribution in [2.45, 2.75) is 19.4 Å². The summed E-state index contributed by atoms with van der Waals surface area (Å²) in [6, 6.07) is 8.57. The summed E-state index contributed by atoms with van der Waals surface area (Å²) in [5.74, 6) is 5.15. The third-order valence-corrected chi connectivity index (χ3v) is 3.29. The Bertz CT molecular complexity index is 557. The lowest BCUT2D eigenvalue weighted by Crippen LogP contribution is -2.30. The molecule has 1 heterocycles. The molecule has 2 rings (SSSR count). The molecule has 0 fully saturated rings. The maximum absolute atomic E-state index is 13.9. The normalized spacial score (nSPS) is 12.4. The average molecular weight is 280 g/mol. The van der Waals surface area contributed by atoms with Gasteiger partial charge in [0.25, 0.3) is 0 Å². The van der Waals surface area contributed by atoms with E-state index in [-0.39, 0.29) is 11.1 Å². The number of halogens is 2. The van der Waals surface area contributed by atoms with Gasteiger partial charge in [-0.25, -0.2) is 4.39 Å². The second kappa shape index (κ2) is 6.10. The van der Waals surface area contributed by atoms with Gasteiger partial charge in [-0.15, -0.1) is 0 Å². The SMILES string of the molecule is Cc1ccc(C(Cc2cccc(Cl)c2F)NN)cn1. The fourth-order valence-electron chi connectivity index (χ4n) is 1.88. The van der Waals surface area contributed by atoms with Crippen LogP contribution in [0.3, 0.4) is 0 Å². The van der Waals surface area contributed by atoms with Crippen molar-refractivity contribution in [3.8, 4) is 0 Å². The lowest BCUT2D eigenvalue weighted by molar-refractivity contribution is 0.528. The summed E-state index contributed by atoms with van der Waals surface area (Å²) < 4.78 is 13.9. The summed E-state index contributed by atoms with van der Waals surface area (Å²) in [5, 5.41) is 0.121. The highest BCUT2D eigenvalue weighted by atomic mass is 35.5. The molecule has 0 aliphatic carbocycles. The first-order valence-corrected chi connectivity index (χ1v) is 6.31. The van der Waals surface area contributed by atoms with Crippen LogP contribution in [0.1, 0.15) is 22.9 Å². The Morgan fingerprint density at radius 1 is 1.37 bits per heavy atom. The van der Waals surface area contributed by atoms with Crippen molar-refractivity contribution in [2.24, 2.45) is 5.84 Å². The van der Waals surface area contributed by atoms with Crippen LogP contribution in [0.15, 0.2) is 36.5 Å². The lowest BCUT2D eigenvalue weighted by Gasteiger charge is -2.17. The average Bonchev–Trinajstić information content (AvgIpc) is 2.42. The Balaban J connectivity index is 2.24. The third kappa shape index (κ3) is 3.29. The van der Waals surface area contributed by atoms with Crippen LogP contribution in [0.25, 0.3) is 0 Å². The van der Waals surface area contributed by atoms with Gasteiger partial charge in [0.05, 0.1) is 11.1 Å². The Morgan fingerprint density at radius 2 is 2.16 bits per heavy atom. The van der Waals surface area contributed by atoms with E-state index in [4.69, 9.17) is 17.4 Å². The standard InChI is InChI=1S/C14H15ClFN3/c1-9-5-6-11(8-18-9)13(19-17)7-10-3-2-4-12(15)14(10)16/h2-6,8,13,19H,7,17H2,1H3. The second-order valence-electron chi connectivity index (χ2n) is 4.37. The molecule has 0 spiro atoms. The molecule has 3 nitrogen and oxygen atoms in total. The smallest absolute Gasteiger partial charge is 0.145 e. The molecule has 0 saturated carbocycles. The maximum atomic E-state index is 13.9. The van der Waals surface area contributed by atoms with E-state index in [0.29, 0.717) is 12.0 Å². The zero-order valence-corrected chi connectivity index (χ0v) is 11.3. The van der Waals surface area contributed by atoms with E-state index in [1.54, 1.807) is 18.3 Å². The molecule has 19 heavy (non-hydrogen) atoms. The summed E-state index contributed by atoms with van der Waals surface area (Å²) in [5.41, 5.74) is 5.04. The quantitative estimate of drug-likeness (QED) is 0.668. The molecule has 0 radical (unpaired) electrons. The van der Waals surface area contributed by atoms with Gasteiger partial charge < -0.3 is 0 Å². The summed E-state index contributed by atoms with van der Waals surface area (Å²) in [6.45, 7) is 1.91. The van der Waals surface area contributed by atoms with Gasteiger partial charge in [0.15, 0.2) is 0 Å². The number of nitrogens with two attached hydrogens (primary N) is 1. The highest BCUT2D eigenvalue weighted by molar-refractivity contribution is 6.30. The number of nitrogens with one attached hydrogen (secondary N) is 1. The van der Waals surface area contributed by atoms with E-state index in [1.807, 2.05) is 19.1 Å². The number of rotatable bonds is 4. The minimum Gasteiger partial charge on any atom is -0.271 e. The van der Waals surface area contributed by atoms with Crippen LogP contribution in [0, 0.1) is 12.7 Å². The molecule has 1 unspecified atom stereocenters. The van der Waals surface area contributed by atoms with Gasteiger partial charge >= 0.3 is 0 Å². The van der Waals surface area contributed by atoms with Crippen molar-refractivity contribution in [1.29, 1.82) is 0 Å². The number of hydrogen-bond donors (Lipinski definition) is 2. The van der Waals surface area contributed by atoms with Crippen molar-refractivity contribution in [1.82, 2.24) is 10.4 Å². The number of hydrazine groups is 1. The van der Waals surface area contributed by atoms with Crippen LogP contribution in [0.4, 0.5) is 4.39 Å². The largest absolute Gasteiger partial charge is 0.271 e. The second-order valence-corrected chi connectivity index (χ2v) is 4.78. The molecule has 2 aromatic rings. The Morgan fingerprint density at radius 3 is 2.79 bits per heavy atom. The highest BCUT2D eigenvalue weighted by Crippen LogP contribution is 2.23. The fourth-order valence-corrected chi connectivity index (χ4v) is 2.08. The molecule has 1 aromatic heterocycles. The molecule has 1 aromatic carbocycles. The predicted molar refractivity (Wildman–Crippen MR) is 74.2 cm³/mol. The lowest BCUT2D eigenvalue weighted by atomic mass is 10.00. The maximum Gasteiger partial charge on any atom is 0.145 e. The van der Waals surface area contributed by atoms with Crippen molar-refractivity contribution >= 4 is 11.6 Å². The number of hydrogen-bond acceptors (Lipinski definition) is 3. The van der Waals surface area contributed by atoms with Crippen LogP contribution in [-0.2, 0) is 6.42 Å². The molecule has 3 N–H and O–H groups in total. The molecule has 1 atom stereocenters. The van der Waals surface area contributed by atoms with Gasteiger partial charge in [0.1, 0.15) is 5.82 Å². The highest BCUT2D eigenvalue weighted by Gasteiger charge is 2.14. The molecule has 5 heteroatoms. The predicted octanol–water partition coefficient (Wildman–Crippen LogP) is 2.93. The van der Waals surface area contributed by atoms with Gasteiger partial charge in [-0.1, -0.05) is 29.8 Å². The zero-order chi connectivity index (χ0) is 13.8. The topological polar surface area (TPSA) is 50.9 Å². The Labute approximate surface area is 116 Å². The number of benzene rings is 1. The Hall–Kier alpha value is -1.49. The minimum atomic E-state index is -0.399. The first-order valence-electron chi connectivity index (χ1n) is 5.93. The molecule has 0 saturated heterocycles. The fraction of sp³-hybridized carbons (Fsp3) is 0.214. The molecule has 100 valence electrons. The van der Waals surface area contributed by atoms with E-state index in [0.717, 1.165) is 11.3 Å². The molecular weight excluding hydrogens is 265 g/mol. The molecule has 0 aliphatic rings. The first-order chi connectivity index (χ1) is 9.11. The molecular formula is C14H15ClFN3. The number of aryl methyl sites for hydroxylation is 1. The summed E-state index contributed by atoms with van der Waals surface area (Å²) in [6.07, 6.45) is 2.15. The van der Waals surface area contributed by atoms with E-state index < -0.39 is 5.82 Å². The molecule has 0 amide bonds.